The van der Waals surface area contributed by atoms with E-state index < -0.39 is 6.10 Å². The Morgan fingerprint density at radius 2 is 2.19 bits per heavy atom. The molecule has 1 atom stereocenters. The van der Waals surface area contributed by atoms with E-state index >= 15 is 0 Å². The average molecular weight is 494 g/mol. The van der Waals surface area contributed by atoms with Gasteiger partial charge in [0.1, 0.15) is 24.2 Å². The molecule has 0 spiro atoms. The minimum absolute atomic E-state index is 0. The largest absolute Gasteiger partial charge is 0.492 e. The Balaban J connectivity index is 0.00000338. The van der Waals surface area contributed by atoms with Gasteiger partial charge in [-0.1, -0.05) is 17.7 Å². The van der Waals surface area contributed by atoms with Gasteiger partial charge in [0, 0.05) is 18.6 Å². The summed E-state index contributed by atoms with van der Waals surface area (Å²) >= 11 is 5.94. The fraction of sp³-hybridized carbons (Fsp3) is 0.389. The molecule has 2 rings (SSSR count). The second-order valence-electron chi connectivity index (χ2n) is 5.45. The maximum Gasteiger partial charge on any atom is 0.193 e. The van der Waals surface area contributed by atoms with Crippen molar-refractivity contribution in [3.63, 3.8) is 0 Å². The van der Waals surface area contributed by atoms with Crippen LogP contribution in [-0.4, -0.2) is 49.3 Å². The van der Waals surface area contributed by atoms with Crippen LogP contribution in [0.1, 0.15) is 18.8 Å². The number of ether oxygens (including phenoxy) is 1. The molecule has 1 aromatic heterocycles. The molecule has 6 nitrogen and oxygen atoms in total. The van der Waals surface area contributed by atoms with Gasteiger partial charge in [-0.15, -0.1) is 24.0 Å². The summed E-state index contributed by atoms with van der Waals surface area (Å²) in [5.41, 5.74) is 0. The van der Waals surface area contributed by atoms with E-state index in [2.05, 4.69) is 10.3 Å². The van der Waals surface area contributed by atoms with Gasteiger partial charge >= 0.3 is 0 Å². The van der Waals surface area contributed by atoms with Crippen molar-refractivity contribution in [2.45, 2.75) is 13.0 Å². The zero-order valence-electron chi connectivity index (χ0n) is 14.9. The van der Waals surface area contributed by atoms with E-state index in [1.54, 1.807) is 24.3 Å². The second kappa shape index (κ2) is 12.0. The van der Waals surface area contributed by atoms with Crippen LogP contribution in [0, 0.1) is 0 Å². The van der Waals surface area contributed by atoms with Crippen molar-refractivity contribution in [1.82, 2.24) is 10.2 Å². The van der Waals surface area contributed by atoms with Crippen molar-refractivity contribution in [2.24, 2.45) is 4.99 Å². The molecule has 26 heavy (non-hydrogen) atoms. The van der Waals surface area contributed by atoms with Crippen LogP contribution in [-0.2, 0) is 0 Å². The third-order valence-electron chi connectivity index (χ3n) is 3.47. The highest BCUT2D eigenvalue weighted by Gasteiger charge is 2.12. The predicted octanol–water partition coefficient (Wildman–Crippen LogP) is 3.56. The molecule has 1 aromatic carbocycles. The van der Waals surface area contributed by atoms with Gasteiger partial charge in [-0.05, 0) is 37.3 Å². The summed E-state index contributed by atoms with van der Waals surface area (Å²) in [6.07, 6.45) is 0.770. The van der Waals surface area contributed by atoms with Crippen molar-refractivity contribution >= 4 is 41.5 Å². The zero-order chi connectivity index (χ0) is 18.1. The summed E-state index contributed by atoms with van der Waals surface area (Å²) in [5, 5.41) is 13.9. The quantitative estimate of drug-likeness (QED) is 0.334. The number of furan rings is 1. The summed E-state index contributed by atoms with van der Waals surface area (Å²) in [6.45, 7) is 4.07. The van der Waals surface area contributed by atoms with Crippen molar-refractivity contribution in [2.75, 3.05) is 33.3 Å². The zero-order valence-corrected chi connectivity index (χ0v) is 18.0. The number of hydrogen-bond acceptors (Lipinski definition) is 4. The molecular formula is C18H25ClIN3O3. The first kappa shape index (κ1) is 22.6. The van der Waals surface area contributed by atoms with Gasteiger partial charge in [0.25, 0.3) is 0 Å². The Bertz CT molecular complexity index is 667. The SMILES string of the molecule is CCNC(=NCC(O)c1ccco1)N(C)CCOc1cccc(Cl)c1.I. The molecule has 0 aliphatic rings. The first-order valence-electron chi connectivity index (χ1n) is 8.19. The number of likely N-dealkylation sites (N-methyl/N-ethyl adjacent to an activating group) is 1. The van der Waals surface area contributed by atoms with Crippen LogP contribution in [0.3, 0.4) is 0 Å². The molecule has 8 heteroatoms. The molecule has 0 bridgehead atoms. The molecule has 0 aliphatic carbocycles. The van der Waals surface area contributed by atoms with E-state index in [0.717, 1.165) is 12.3 Å². The minimum atomic E-state index is -0.764. The number of nitrogens with one attached hydrogen (secondary N) is 1. The molecule has 0 aliphatic heterocycles. The van der Waals surface area contributed by atoms with E-state index in [4.69, 9.17) is 20.8 Å². The normalized spacial score (nSPS) is 12.2. The summed E-state index contributed by atoms with van der Waals surface area (Å²) in [4.78, 5) is 6.40. The third kappa shape index (κ3) is 7.43. The molecular weight excluding hydrogens is 469 g/mol. The number of guanidine groups is 1. The number of benzene rings is 1. The van der Waals surface area contributed by atoms with Crippen LogP contribution in [0.4, 0.5) is 0 Å². The van der Waals surface area contributed by atoms with Crippen LogP contribution in [0.15, 0.2) is 52.1 Å². The molecule has 0 saturated carbocycles. The molecule has 144 valence electrons. The summed E-state index contributed by atoms with van der Waals surface area (Å²) in [7, 11) is 1.92. The number of aliphatic hydroxyl groups excluding tert-OH is 1. The Kier molecular flexibility index (Phi) is 10.5. The maximum atomic E-state index is 10.1. The first-order chi connectivity index (χ1) is 12.1. The van der Waals surface area contributed by atoms with Crippen molar-refractivity contribution < 1.29 is 14.3 Å². The lowest BCUT2D eigenvalue weighted by molar-refractivity contribution is 0.158. The Labute approximate surface area is 176 Å². The van der Waals surface area contributed by atoms with Gasteiger partial charge in [0.2, 0.25) is 0 Å². The highest BCUT2D eigenvalue weighted by molar-refractivity contribution is 14.0. The van der Waals surface area contributed by atoms with E-state index in [0.29, 0.717) is 29.9 Å². The molecule has 1 heterocycles. The van der Waals surface area contributed by atoms with Crippen molar-refractivity contribution in [1.29, 1.82) is 0 Å². The van der Waals surface area contributed by atoms with Gasteiger partial charge in [-0.3, -0.25) is 0 Å². The molecule has 1 unspecified atom stereocenters. The van der Waals surface area contributed by atoms with Crippen molar-refractivity contribution in [3.8, 4) is 5.75 Å². The topological polar surface area (TPSA) is 70.2 Å². The van der Waals surface area contributed by atoms with Crippen LogP contribution in [0.2, 0.25) is 5.02 Å². The van der Waals surface area contributed by atoms with Crippen LogP contribution < -0.4 is 10.1 Å². The standard InChI is InChI=1S/C18H24ClN3O3.HI/c1-3-20-18(21-13-16(23)17-8-5-10-25-17)22(2)9-11-24-15-7-4-6-14(19)12-15;/h4-8,10,12,16,23H,3,9,11,13H2,1-2H3,(H,20,21);1H. The Morgan fingerprint density at radius 3 is 2.85 bits per heavy atom. The van der Waals surface area contributed by atoms with E-state index in [1.165, 1.54) is 6.26 Å². The Morgan fingerprint density at radius 1 is 1.38 bits per heavy atom. The van der Waals surface area contributed by atoms with Gasteiger partial charge in [-0.25, -0.2) is 4.99 Å². The van der Waals surface area contributed by atoms with Crippen LogP contribution in [0.5, 0.6) is 5.75 Å². The number of aliphatic imine (C=N–C) groups is 1. The smallest absolute Gasteiger partial charge is 0.193 e. The average Bonchev–Trinajstić information content (AvgIpc) is 3.13. The van der Waals surface area contributed by atoms with E-state index in [1.807, 2.05) is 31.0 Å². The lowest BCUT2D eigenvalue weighted by atomic mass is 10.3. The third-order valence-corrected chi connectivity index (χ3v) is 3.71. The van der Waals surface area contributed by atoms with Gasteiger partial charge in [-0.2, -0.15) is 0 Å². The molecule has 2 N–H and O–H groups in total. The van der Waals surface area contributed by atoms with Crippen LogP contribution in [0.25, 0.3) is 0 Å². The lowest BCUT2D eigenvalue weighted by Crippen LogP contribution is -2.41. The van der Waals surface area contributed by atoms with E-state index in [-0.39, 0.29) is 30.5 Å². The van der Waals surface area contributed by atoms with Gasteiger partial charge < -0.3 is 24.5 Å². The molecule has 0 saturated heterocycles. The van der Waals surface area contributed by atoms with Crippen LogP contribution >= 0.6 is 35.6 Å². The molecule has 2 aromatic rings. The summed E-state index contributed by atoms with van der Waals surface area (Å²) in [6, 6.07) is 10.8. The number of rotatable bonds is 8. The van der Waals surface area contributed by atoms with Gasteiger partial charge in [0.05, 0.1) is 19.4 Å². The lowest BCUT2D eigenvalue weighted by Gasteiger charge is -2.22. The first-order valence-corrected chi connectivity index (χ1v) is 8.57. The van der Waals surface area contributed by atoms with Crippen molar-refractivity contribution in [3.05, 3.63) is 53.4 Å². The van der Waals surface area contributed by atoms with E-state index in [9.17, 15) is 5.11 Å². The number of aliphatic hydroxyl groups is 1. The highest BCUT2D eigenvalue weighted by Crippen LogP contribution is 2.17. The number of nitrogens with zero attached hydrogens (tertiary/aromatic N) is 2. The molecule has 0 amide bonds. The number of halogens is 2. The number of hydrogen-bond donors (Lipinski definition) is 2. The Hall–Kier alpha value is -1.45. The predicted molar refractivity (Wildman–Crippen MR) is 115 cm³/mol. The fourth-order valence-corrected chi connectivity index (χ4v) is 2.36. The molecule has 0 fully saturated rings. The minimum Gasteiger partial charge on any atom is -0.492 e. The monoisotopic (exact) mass is 493 g/mol. The van der Waals surface area contributed by atoms with Gasteiger partial charge in [0.15, 0.2) is 5.96 Å². The molecule has 0 radical (unpaired) electrons. The second-order valence-corrected chi connectivity index (χ2v) is 5.89. The maximum absolute atomic E-state index is 10.1. The summed E-state index contributed by atoms with van der Waals surface area (Å²) < 4.78 is 10.9. The highest BCUT2D eigenvalue weighted by atomic mass is 127. The fourth-order valence-electron chi connectivity index (χ4n) is 2.18. The summed E-state index contributed by atoms with van der Waals surface area (Å²) in [5.74, 6) is 1.94.